The van der Waals surface area contributed by atoms with E-state index in [9.17, 15) is 19.2 Å². The van der Waals surface area contributed by atoms with Gasteiger partial charge in [-0.2, -0.15) is 0 Å². The molecule has 0 aromatic carbocycles. The second-order valence-corrected chi connectivity index (χ2v) is 12.8. The second-order valence-electron chi connectivity index (χ2n) is 12.8. The van der Waals surface area contributed by atoms with Crippen LogP contribution in [0, 0.1) is 52.3 Å². The number of hydrogen-bond donors (Lipinski definition) is 0. The van der Waals surface area contributed by atoms with Crippen molar-refractivity contribution in [1.82, 2.24) is 0 Å². The van der Waals surface area contributed by atoms with E-state index in [1.807, 2.05) is 13.8 Å². The van der Waals surface area contributed by atoms with Crippen LogP contribution in [0.1, 0.15) is 92.4 Å². The molecule has 4 rings (SSSR count). The summed E-state index contributed by atoms with van der Waals surface area (Å²) in [6, 6.07) is 0. The summed E-state index contributed by atoms with van der Waals surface area (Å²) in [7, 11) is 1.54. The highest BCUT2D eigenvalue weighted by molar-refractivity contribution is 5.93. The van der Waals surface area contributed by atoms with E-state index < -0.39 is 11.7 Å². The molecule has 0 heterocycles. The van der Waals surface area contributed by atoms with E-state index in [0.29, 0.717) is 44.3 Å². The molecule has 4 aliphatic rings. The van der Waals surface area contributed by atoms with Gasteiger partial charge in [-0.3, -0.25) is 19.2 Å². The predicted octanol–water partition coefficient (Wildman–Crippen LogP) is 5.16. The normalized spacial score (nSPS) is 40.7. The molecule has 0 bridgehead atoms. The molecule has 0 aromatic rings. The van der Waals surface area contributed by atoms with Crippen molar-refractivity contribution in [1.29, 1.82) is 0 Å². The maximum absolute atomic E-state index is 13.9. The summed E-state index contributed by atoms with van der Waals surface area (Å²) in [5, 5.41) is 0. The summed E-state index contributed by atoms with van der Waals surface area (Å²) in [5.74, 6) is 1.20. The van der Waals surface area contributed by atoms with Crippen molar-refractivity contribution >= 4 is 23.3 Å². The summed E-state index contributed by atoms with van der Waals surface area (Å²) in [6.45, 7) is 10.4. The van der Waals surface area contributed by atoms with E-state index in [4.69, 9.17) is 9.47 Å². The maximum Gasteiger partial charge on any atom is 0.308 e. The molecule has 196 valence electrons. The molecule has 0 N–H and O–H groups in total. The largest absolute Gasteiger partial charge is 0.435 e. The van der Waals surface area contributed by atoms with Crippen molar-refractivity contribution in [2.75, 3.05) is 7.11 Å². The molecule has 9 atom stereocenters. The Hall–Kier alpha value is -1.56. The lowest BCUT2D eigenvalue weighted by Crippen LogP contribution is -2.60. The van der Waals surface area contributed by atoms with Gasteiger partial charge in [-0.25, -0.2) is 0 Å². The number of Topliss-reactive ketones (excluding diaryl/α,β-unsaturated/α-hetero) is 3. The molecular weight excluding hydrogens is 444 g/mol. The number of carbonyl (C=O) groups excluding carboxylic acids is 4. The number of fused-ring (bicyclic) bond motifs is 5. The van der Waals surface area contributed by atoms with Gasteiger partial charge in [0.2, 0.25) is 6.29 Å². The standard InChI is InChI=1S/C29H44O6/c1-16(2)27(34-6)35-25(33)10-7-17(3)20-8-9-21-26-22(15-24(32)29(20,21)5)28(4)12-11-19(30)13-18(28)14-23(26)31/h16-18,20-22,26-27H,7-15H2,1-6H3/t17-,18?,20-,21+,22+,26+,27?,28+,29-/m1/s1. The van der Waals surface area contributed by atoms with Gasteiger partial charge in [-0.05, 0) is 60.7 Å². The first-order valence-corrected chi connectivity index (χ1v) is 13.7. The van der Waals surface area contributed by atoms with E-state index in [-0.39, 0.29) is 64.4 Å². The number of rotatable bonds is 7. The smallest absolute Gasteiger partial charge is 0.308 e. The van der Waals surface area contributed by atoms with Crippen molar-refractivity contribution in [2.24, 2.45) is 52.3 Å². The molecule has 6 nitrogen and oxygen atoms in total. The summed E-state index contributed by atoms with van der Waals surface area (Å²) in [5.41, 5.74) is -0.605. The van der Waals surface area contributed by atoms with Crippen molar-refractivity contribution < 1.29 is 28.7 Å². The summed E-state index contributed by atoms with van der Waals surface area (Å²) in [6.07, 6.45) is 5.08. The third-order valence-corrected chi connectivity index (χ3v) is 10.7. The first-order chi connectivity index (χ1) is 16.4. The fraction of sp³-hybridized carbons (Fsp3) is 0.862. The predicted molar refractivity (Wildman–Crippen MR) is 131 cm³/mol. The van der Waals surface area contributed by atoms with Crippen molar-refractivity contribution in [2.45, 2.75) is 98.7 Å². The van der Waals surface area contributed by atoms with Crippen LogP contribution in [0.5, 0.6) is 0 Å². The zero-order chi connectivity index (χ0) is 25.7. The van der Waals surface area contributed by atoms with Gasteiger partial charge >= 0.3 is 5.97 Å². The molecule has 0 spiro atoms. The third-order valence-electron chi connectivity index (χ3n) is 10.7. The number of hydrogen-bond acceptors (Lipinski definition) is 6. The Morgan fingerprint density at radius 1 is 1.03 bits per heavy atom. The highest BCUT2D eigenvalue weighted by Gasteiger charge is 2.66. The molecule has 0 radical (unpaired) electrons. The Balaban J connectivity index is 1.48. The average molecular weight is 489 g/mol. The average Bonchev–Trinajstić information content (AvgIpc) is 3.16. The Morgan fingerprint density at radius 3 is 2.40 bits per heavy atom. The fourth-order valence-electron chi connectivity index (χ4n) is 8.58. The van der Waals surface area contributed by atoms with Crippen LogP contribution in [-0.4, -0.2) is 36.7 Å². The third kappa shape index (κ3) is 4.42. The van der Waals surface area contributed by atoms with Gasteiger partial charge in [0.15, 0.2) is 0 Å². The highest BCUT2D eigenvalue weighted by Crippen LogP contribution is 2.66. The molecular formula is C29H44O6. The maximum atomic E-state index is 13.9. The van der Waals surface area contributed by atoms with Crippen LogP contribution < -0.4 is 0 Å². The first-order valence-electron chi connectivity index (χ1n) is 13.7. The fourth-order valence-corrected chi connectivity index (χ4v) is 8.58. The van der Waals surface area contributed by atoms with Gasteiger partial charge in [-0.15, -0.1) is 0 Å². The molecule has 35 heavy (non-hydrogen) atoms. The quantitative estimate of drug-likeness (QED) is 0.363. The molecule has 0 amide bonds. The second kappa shape index (κ2) is 9.72. The van der Waals surface area contributed by atoms with Crippen LogP contribution in [0.25, 0.3) is 0 Å². The number of esters is 1. The number of ketones is 3. The summed E-state index contributed by atoms with van der Waals surface area (Å²) in [4.78, 5) is 52.0. The van der Waals surface area contributed by atoms with Crippen molar-refractivity contribution in [3.8, 4) is 0 Å². The summed E-state index contributed by atoms with van der Waals surface area (Å²) < 4.78 is 10.7. The first kappa shape index (κ1) is 26.5. The number of carbonyl (C=O) groups is 4. The summed E-state index contributed by atoms with van der Waals surface area (Å²) >= 11 is 0. The molecule has 4 saturated carbocycles. The Bertz CT molecular complexity index is 878. The van der Waals surface area contributed by atoms with Crippen LogP contribution in [0.2, 0.25) is 0 Å². The molecule has 0 aliphatic heterocycles. The van der Waals surface area contributed by atoms with Gasteiger partial charge < -0.3 is 9.47 Å². The molecule has 0 aromatic heterocycles. The minimum atomic E-state index is -0.541. The SMILES string of the molecule is COC(OC(=O)CC[C@@H](C)[C@H]1CC[C@H]2[C@@H]3C(=O)CC4CC(=O)CC[C@]4(C)[C@H]3CC(=O)[C@]12C)C(C)C. The Morgan fingerprint density at radius 2 is 1.74 bits per heavy atom. The van der Waals surface area contributed by atoms with E-state index >= 15 is 0 Å². The van der Waals surface area contributed by atoms with Gasteiger partial charge in [0.1, 0.15) is 17.3 Å². The zero-order valence-electron chi connectivity index (χ0n) is 22.4. The van der Waals surface area contributed by atoms with Crippen LogP contribution in [0.4, 0.5) is 0 Å². The van der Waals surface area contributed by atoms with E-state index in [2.05, 4.69) is 20.8 Å². The van der Waals surface area contributed by atoms with E-state index in [0.717, 1.165) is 19.3 Å². The zero-order valence-corrected chi connectivity index (χ0v) is 22.4. The molecule has 6 heteroatoms. The highest BCUT2D eigenvalue weighted by atomic mass is 16.7. The van der Waals surface area contributed by atoms with E-state index in [1.165, 1.54) is 0 Å². The van der Waals surface area contributed by atoms with Gasteiger partial charge in [0.25, 0.3) is 0 Å². The molecule has 2 unspecified atom stereocenters. The van der Waals surface area contributed by atoms with Gasteiger partial charge in [-0.1, -0.05) is 34.6 Å². The number of methoxy groups -OCH3 is 1. The monoisotopic (exact) mass is 488 g/mol. The lowest BCUT2D eigenvalue weighted by atomic mass is 9.44. The number of ether oxygens (including phenoxy) is 2. The minimum absolute atomic E-state index is 0.0668. The van der Waals surface area contributed by atoms with E-state index in [1.54, 1.807) is 7.11 Å². The van der Waals surface area contributed by atoms with Gasteiger partial charge in [0, 0.05) is 56.5 Å². The lowest BCUT2D eigenvalue weighted by molar-refractivity contribution is -0.182. The Labute approximate surface area is 210 Å². The van der Waals surface area contributed by atoms with Crippen molar-refractivity contribution in [3.05, 3.63) is 0 Å². The topological polar surface area (TPSA) is 86.7 Å². The van der Waals surface area contributed by atoms with Crippen LogP contribution in [0.3, 0.4) is 0 Å². The minimum Gasteiger partial charge on any atom is -0.435 e. The van der Waals surface area contributed by atoms with Crippen LogP contribution in [-0.2, 0) is 28.7 Å². The van der Waals surface area contributed by atoms with Crippen molar-refractivity contribution in [3.63, 3.8) is 0 Å². The van der Waals surface area contributed by atoms with Crippen LogP contribution in [0.15, 0.2) is 0 Å². The lowest BCUT2D eigenvalue weighted by Gasteiger charge is -2.58. The molecule has 0 saturated heterocycles. The Kier molecular flexibility index (Phi) is 7.36. The molecule has 4 fully saturated rings. The van der Waals surface area contributed by atoms with Crippen LogP contribution >= 0.6 is 0 Å². The molecule has 4 aliphatic carbocycles. The van der Waals surface area contributed by atoms with Gasteiger partial charge in [0.05, 0.1) is 0 Å².